The summed E-state index contributed by atoms with van der Waals surface area (Å²) in [7, 11) is 0. The minimum atomic E-state index is -0.223. The molecule has 1 N–H and O–H groups in total. The van der Waals surface area contributed by atoms with Gasteiger partial charge in [0.25, 0.3) is 0 Å². The first-order chi connectivity index (χ1) is 7.60. The van der Waals surface area contributed by atoms with Crippen LogP contribution in [0.5, 0.6) is 0 Å². The number of piperazine rings is 1. The largest absolute Gasteiger partial charge is 0.342 e. The zero-order valence-electron chi connectivity index (χ0n) is 9.66. The molecule has 1 heterocycles. The van der Waals surface area contributed by atoms with E-state index in [0.717, 1.165) is 25.7 Å². The Morgan fingerprint density at radius 2 is 2.00 bits per heavy atom. The van der Waals surface area contributed by atoms with Crippen LogP contribution in [-0.4, -0.2) is 34.8 Å². The summed E-state index contributed by atoms with van der Waals surface area (Å²) in [5, 5.41) is 2.85. The maximum Gasteiger partial charge on any atom is 0.246 e. The maximum atomic E-state index is 12.3. The van der Waals surface area contributed by atoms with Crippen molar-refractivity contribution in [2.24, 2.45) is 5.92 Å². The highest BCUT2D eigenvalue weighted by atomic mass is 16.2. The second-order valence-corrected chi connectivity index (χ2v) is 5.66. The molecule has 88 valence electrons. The van der Waals surface area contributed by atoms with Crippen LogP contribution in [0.4, 0.5) is 0 Å². The first-order valence-corrected chi connectivity index (χ1v) is 6.21. The molecule has 0 aromatic heterocycles. The van der Waals surface area contributed by atoms with E-state index in [0.29, 0.717) is 5.92 Å². The summed E-state index contributed by atoms with van der Waals surface area (Å²) in [6, 6.07) is -0.223. The Balaban J connectivity index is 1.81. The van der Waals surface area contributed by atoms with E-state index >= 15 is 0 Å². The van der Waals surface area contributed by atoms with Crippen molar-refractivity contribution in [3.05, 3.63) is 0 Å². The van der Waals surface area contributed by atoms with Crippen molar-refractivity contribution in [1.82, 2.24) is 10.2 Å². The molecule has 1 saturated heterocycles. The Labute approximate surface area is 95.4 Å². The van der Waals surface area contributed by atoms with Crippen LogP contribution >= 0.6 is 0 Å². The van der Waals surface area contributed by atoms with Crippen molar-refractivity contribution >= 4 is 11.8 Å². The second-order valence-electron chi connectivity index (χ2n) is 5.66. The van der Waals surface area contributed by atoms with E-state index in [1.807, 2.05) is 4.90 Å². The third-order valence-electron chi connectivity index (χ3n) is 4.33. The zero-order chi connectivity index (χ0) is 11.3. The SMILES string of the molecule is CC1(N2CC(=O)NC(C3CC3)C2=O)CCC1. The molecule has 2 aliphatic carbocycles. The smallest absolute Gasteiger partial charge is 0.246 e. The highest BCUT2D eigenvalue weighted by Gasteiger charge is 2.49. The molecule has 3 rings (SSSR count). The number of carbonyl (C=O) groups is 2. The van der Waals surface area contributed by atoms with E-state index in [1.165, 1.54) is 6.42 Å². The fraction of sp³-hybridized carbons (Fsp3) is 0.833. The first-order valence-electron chi connectivity index (χ1n) is 6.21. The number of amides is 2. The van der Waals surface area contributed by atoms with Gasteiger partial charge in [0.05, 0.1) is 0 Å². The van der Waals surface area contributed by atoms with Crippen molar-refractivity contribution in [3.63, 3.8) is 0 Å². The lowest BCUT2D eigenvalue weighted by atomic mass is 9.76. The van der Waals surface area contributed by atoms with Gasteiger partial charge in [-0.1, -0.05) is 0 Å². The van der Waals surface area contributed by atoms with Gasteiger partial charge in [0.1, 0.15) is 12.6 Å². The fourth-order valence-corrected chi connectivity index (χ4v) is 2.83. The molecule has 4 heteroatoms. The molecule has 1 atom stereocenters. The maximum absolute atomic E-state index is 12.3. The average molecular weight is 222 g/mol. The molecule has 0 radical (unpaired) electrons. The Morgan fingerprint density at radius 1 is 1.31 bits per heavy atom. The van der Waals surface area contributed by atoms with Crippen molar-refractivity contribution in [1.29, 1.82) is 0 Å². The fourth-order valence-electron chi connectivity index (χ4n) is 2.83. The quantitative estimate of drug-likeness (QED) is 0.746. The Kier molecular flexibility index (Phi) is 2.03. The molecule has 4 nitrogen and oxygen atoms in total. The van der Waals surface area contributed by atoms with E-state index in [-0.39, 0.29) is 29.9 Å². The summed E-state index contributed by atoms with van der Waals surface area (Å²) in [5.41, 5.74) is -0.0397. The number of hydrogen-bond donors (Lipinski definition) is 1. The second kappa shape index (κ2) is 3.22. The molecular formula is C12H18N2O2. The predicted octanol–water partition coefficient (Wildman–Crippen LogP) is 0.666. The molecule has 0 bridgehead atoms. The number of nitrogens with one attached hydrogen (secondary N) is 1. The number of carbonyl (C=O) groups excluding carboxylic acids is 2. The van der Waals surface area contributed by atoms with Gasteiger partial charge >= 0.3 is 0 Å². The average Bonchev–Trinajstić information content (AvgIpc) is 3.01. The molecular weight excluding hydrogens is 204 g/mol. The molecule has 0 spiro atoms. The summed E-state index contributed by atoms with van der Waals surface area (Å²) >= 11 is 0. The molecule has 16 heavy (non-hydrogen) atoms. The van der Waals surface area contributed by atoms with Gasteiger partial charge in [0.15, 0.2) is 0 Å². The zero-order valence-corrected chi connectivity index (χ0v) is 9.66. The van der Waals surface area contributed by atoms with Crippen molar-refractivity contribution in [3.8, 4) is 0 Å². The summed E-state index contributed by atoms with van der Waals surface area (Å²) in [6.45, 7) is 2.37. The third-order valence-corrected chi connectivity index (χ3v) is 4.33. The van der Waals surface area contributed by atoms with Crippen LogP contribution in [0.15, 0.2) is 0 Å². The van der Waals surface area contributed by atoms with Gasteiger partial charge in [0, 0.05) is 5.54 Å². The molecule has 0 aromatic rings. The molecule has 2 amide bonds. The Hall–Kier alpha value is -1.06. The highest BCUT2D eigenvalue weighted by molar-refractivity contribution is 5.95. The van der Waals surface area contributed by atoms with Gasteiger partial charge in [-0.15, -0.1) is 0 Å². The monoisotopic (exact) mass is 222 g/mol. The predicted molar refractivity (Wildman–Crippen MR) is 58.6 cm³/mol. The van der Waals surface area contributed by atoms with Crippen LogP contribution in [0.3, 0.4) is 0 Å². The van der Waals surface area contributed by atoms with E-state index in [9.17, 15) is 9.59 Å². The van der Waals surface area contributed by atoms with Gasteiger partial charge in [-0.2, -0.15) is 0 Å². The summed E-state index contributed by atoms with van der Waals surface area (Å²) in [4.78, 5) is 25.8. The van der Waals surface area contributed by atoms with Crippen LogP contribution in [0.25, 0.3) is 0 Å². The lowest BCUT2D eigenvalue weighted by Crippen LogP contribution is -2.66. The Morgan fingerprint density at radius 3 is 2.50 bits per heavy atom. The molecule has 0 aromatic carbocycles. The van der Waals surface area contributed by atoms with E-state index in [2.05, 4.69) is 12.2 Å². The van der Waals surface area contributed by atoms with Crippen LogP contribution in [0.2, 0.25) is 0 Å². The number of nitrogens with zero attached hydrogens (tertiary/aromatic N) is 1. The molecule has 1 unspecified atom stereocenters. The van der Waals surface area contributed by atoms with E-state index < -0.39 is 0 Å². The van der Waals surface area contributed by atoms with E-state index in [1.54, 1.807) is 0 Å². The van der Waals surface area contributed by atoms with Crippen molar-refractivity contribution < 1.29 is 9.59 Å². The topological polar surface area (TPSA) is 49.4 Å². The molecule has 3 aliphatic rings. The summed E-state index contributed by atoms with van der Waals surface area (Å²) < 4.78 is 0. The van der Waals surface area contributed by atoms with Gasteiger partial charge in [0.2, 0.25) is 11.8 Å². The van der Waals surface area contributed by atoms with Gasteiger partial charge in [-0.25, -0.2) is 0 Å². The molecule has 2 saturated carbocycles. The van der Waals surface area contributed by atoms with Crippen LogP contribution in [0, 0.1) is 5.92 Å². The Bertz CT molecular complexity index is 345. The number of hydrogen-bond acceptors (Lipinski definition) is 2. The third kappa shape index (κ3) is 1.43. The van der Waals surface area contributed by atoms with Gasteiger partial charge in [-0.3, -0.25) is 9.59 Å². The van der Waals surface area contributed by atoms with Gasteiger partial charge in [-0.05, 0) is 44.9 Å². The molecule has 1 aliphatic heterocycles. The van der Waals surface area contributed by atoms with Gasteiger partial charge < -0.3 is 10.2 Å². The summed E-state index contributed by atoms with van der Waals surface area (Å²) in [6.07, 6.45) is 5.44. The molecule has 3 fully saturated rings. The van der Waals surface area contributed by atoms with Crippen LogP contribution < -0.4 is 5.32 Å². The van der Waals surface area contributed by atoms with Crippen LogP contribution in [-0.2, 0) is 9.59 Å². The van der Waals surface area contributed by atoms with Crippen molar-refractivity contribution in [2.75, 3.05) is 6.54 Å². The summed E-state index contributed by atoms with van der Waals surface area (Å²) in [5.74, 6) is 0.580. The van der Waals surface area contributed by atoms with E-state index in [4.69, 9.17) is 0 Å². The highest BCUT2D eigenvalue weighted by Crippen LogP contribution is 2.41. The lowest BCUT2D eigenvalue weighted by Gasteiger charge is -2.50. The first kappa shape index (κ1) is 10.1. The lowest BCUT2D eigenvalue weighted by molar-refractivity contribution is -0.154. The minimum absolute atomic E-state index is 0.0182. The minimum Gasteiger partial charge on any atom is -0.342 e. The standard InChI is InChI=1S/C12H18N2O2/c1-12(5-2-6-12)14-7-9(15)13-10(11(14)16)8-3-4-8/h8,10H,2-7H2,1H3,(H,13,15). The van der Waals surface area contributed by atoms with Crippen molar-refractivity contribution in [2.45, 2.75) is 50.6 Å². The van der Waals surface area contributed by atoms with Crippen LogP contribution in [0.1, 0.15) is 39.0 Å². The normalized spacial score (nSPS) is 33.3. The number of rotatable bonds is 2.